The van der Waals surface area contributed by atoms with Gasteiger partial charge in [0.15, 0.2) is 0 Å². The molecule has 2 aliphatic heterocycles. The predicted octanol–water partition coefficient (Wildman–Crippen LogP) is 2.50. The Bertz CT molecular complexity index is 582. The average Bonchev–Trinajstić information content (AvgIpc) is 3.11. The van der Waals surface area contributed by atoms with Crippen LogP contribution in [-0.2, 0) is 4.79 Å². The number of nitrogens with zero attached hydrogens (tertiary/aromatic N) is 2. The maximum absolute atomic E-state index is 11.5. The molecule has 0 bridgehead atoms. The molecule has 2 fully saturated rings. The molecule has 3 rings (SSSR count). The molecule has 0 spiro atoms. The second-order valence-electron chi connectivity index (χ2n) is 6.83. The van der Waals surface area contributed by atoms with Gasteiger partial charge in [0.1, 0.15) is 11.5 Å². The molecule has 0 aliphatic carbocycles. The van der Waals surface area contributed by atoms with Gasteiger partial charge in [-0.05, 0) is 44.0 Å². The summed E-state index contributed by atoms with van der Waals surface area (Å²) in [6, 6.07) is 6.67. The molecule has 0 radical (unpaired) electrons. The van der Waals surface area contributed by atoms with Crippen molar-refractivity contribution in [2.24, 2.45) is 0 Å². The van der Waals surface area contributed by atoms with Gasteiger partial charge >= 0.3 is 0 Å². The summed E-state index contributed by atoms with van der Waals surface area (Å²) in [6.45, 7) is 5.64. The Morgan fingerprint density at radius 2 is 1.83 bits per heavy atom. The molecule has 0 saturated carbocycles. The summed E-state index contributed by atoms with van der Waals surface area (Å²) in [6.07, 6.45) is 3.32. The van der Waals surface area contributed by atoms with Crippen molar-refractivity contribution in [3.05, 3.63) is 23.8 Å². The number of carbonyl (C=O) groups is 1. The van der Waals surface area contributed by atoms with E-state index in [0.29, 0.717) is 12.0 Å². The summed E-state index contributed by atoms with van der Waals surface area (Å²) >= 11 is 0. The van der Waals surface area contributed by atoms with E-state index in [9.17, 15) is 4.79 Å². The number of amides is 1. The molecule has 132 valence electrons. The topological polar surface area (TPSA) is 42.0 Å². The van der Waals surface area contributed by atoms with Crippen molar-refractivity contribution >= 4 is 5.91 Å². The Morgan fingerprint density at radius 1 is 1.08 bits per heavy atom. The fraction of sp³-hybridized carbons (Fsp3) is 0.632. The first-order valence-corrected chi connectivity index (χ1v) is 8.84. The average molecular weight is 332 g/mol. The first-order chi connectivity index (χ1) is 11.6. The highest BCUT2D eigenvalue weighted by Crippen LogP contribution is 2.37. The van der Waals surface area contributed by atoms with Crippen molar-refractivity contribution in [2.75, 3.05) is 40.4 Å². The SMILES string of the molecule is COc1ccc(OC)c([C@H]2CCN(C3CCN(C(C)=O)CC3)C2)c1. The van der Waals surface area contributed by atoms with Crippen LogP contribution in [-0.4, -0.2) is 62.1 Å². The van der Waals surface area contributed by atoms with Gasteiger partial charge in [-0.25, -0.2) is 0 Å². The summed E-state index contributed by atoms with van der Waals surface area (Å²) in [4.78, 5) is 16.0. The molecule has 1 atom stereocenters. The van der Waals surface area contributed by atoms with Crippen molar-refractivity contribution < 1.29 is 14.3 Å². The van der Waals surface area contributed by atoms with E-state index in [1.54, 1.807) is 21.1 Å². The third-order valence-corrected chi connectivity index (χ3v) is 5.52. The van der Waals surface area contributed by atoms with Crippen LogP contribution >= 0.6 is 0 Å². The fourth-order valence-corrected chi connectivity index (χ4v) is 4.08. The zero-order valence-electron chi connectivity index (χ0n) is 15.0. The standard InChI is InChI=1S/C19H28N2O3/c1-14(22)20-10-7-16(8-11-20)21-9-6-15(13-21)18-12-17(23-2)4-5-19(18)24-3/h4-5,12,15-16H,6-11,13H2,1-3H3/t15-/m0/s1. The van der Waals surface area contributed by atoms with Gasteiger partial charge in [0.25, 0.3) is 0 Å². The fourth-order valence-electron chi connectivity index (χ4n) is 4.08. The van der Waals surface area contributed by atoms with Crippen LogP contribution in [0.25, 0.3) is 0 Å². The van der Waals surface area contributed by atoms with E-state index >= 15 is 0 Å². The van der Waals surface area contributed by atoms with Crippen LogP contribution in [0.4, 0.5) is 0 Å². The van der Waals surface area contributed by atoms with E-state index in [1.807, 2.05) is 17.0 Å². The van der Waals surface area contributed by atoms with E-state index in [2.05, 4.69) is 11.0 Å². The van der Waals surface area contributed by atoms with Gasteiger partial charge in [0.05, 0.1) is 14.2 Å². The van der Waals surface area contributed by atoms with Crippen LogP contribution < -0.4 is 9.47 Å². The maximum atomic E-state index is 11.5. The molecule has 24 heavy (non-hydrogen) atoms. The summed E-state index contributed by atoms with van der Waals surface area (Å²) in [5, 5.41) is 0. The van der Waals surface area contributed by atoms with Gasteiger partial charge in [0.2, 0.25) is 5.91 Å². The minimum Gasteiger partial charge on any atom is -0.497 e. The van der Waals surface area contributed by atoms with Gasteiger partial charge < -0.3 is 14.4 Å². The molecule has 5 heteroatoms. The quantitative estimate of drug-likeness (QED) is 0.850. The van der Waals surface area contributed by atoms with Crippen molar-refractivity contribution in [1.82, 2.24) is 9.80 Å². The highest BCUT2D eigenvalue weighted by molar-refractivity contribution is 5.73. The van der Waals surface area contributed by atoms with Crippen LogP contribution in [0.1, 0.15) is 37.7 Å². The molecule has 5 nitrogen and oxygen atoms in total. The Morgan fingerprint density at radius 3 is 2.46 bits per heavy atom. The monoisotopic (exact) mass is 332 g/mol. The normalized spacial score (nSPS) is 22.6. The lowest BCUT2D eigenvalue weighted by Gasteiger charge is -2.36. The van der Waals surface area contributed by atoms with Crippen LogP contribution in [0.2, 0.25) is 0 Å². The van der Waals surface area contributed by atoms with Gasteiger partial charge in [-0.2, -0.15) is 0 Å². The third kappa shape index (κ3) is 3.51. The third-order valence-electron chi connectivity index (χ3n) is 5.52. The predicted molar refractivity (Wildman–Crippen MR) is 93.8 cm³/mol. The van der Waals surface area contributed by atoms with E-state index < -0.39 is 0 Å². The lowest BCUT2D eigenvalue weighted by Crippen LogP contribution is -2.45. The molecule has 1 aromatic carbocycles. The number of rotatable bonds is 4. The van der Waals surface area contributed by atoms with Crippen LogP contribution in [0.3, 0.4) is 0 Å². The molecular weight excluding hydrogens is 304 g/mol. The minimum atomic E-state index is 0.203. The Balaban J connectivity index is 1.65. The molecule has 2 aliphatic rings. The lowest BCUT2D eigenvalue weighted by molar-refractivity contribution is -0.130. The highest BCUT2D eigenvalue weighted by atomic mass is 16.5. The van der Waals surface area contributed by atoms with Crippen LogP contribution in [0, 0.1) is 0 Å². The molecule has 0 unspecified atom stereocenters. The molecule has 1 amide bonds. The number of benzene rings is 1. The van der Waals surface area contributed by atoms with Crippen molar-refractivity contribution in [2.45, 2.75) is 38.1 Å². The van der Waals surface area contributed by atoms with Crippen molar-refractivity contribution in [1.29, 1.82) is 0 Å². The molecule has 1 aromatic rings. The first-order valence-electron chi connectivity index (χ1n) is 8.84. The van der Waals surface area contributed by atoms with Gasteiger partial charge in [-0.15, -0.1) is 0 Å². The summed E-state index contributed by atoms with van der Waals surface area (Å²) in [5.41, 5.74) is 1.25. The number of likely N-dealkylation sites (tertiary alicyclic amines) is 2. The first kappa shape index (κ1) is 17.1. The molecule has 0 aromatic heterocycles. The van der Waals surface area contributed by atoms with Gasteiger partial charge in [-0.1, -0.05) is 0 Å². The maximum Gasteiger partial charge on any atom is 0.219 e. The Kier molecular flexibility index (Phi) is 5.29. The second-order valence-corrected chi connectivity index (χ2v) is 6.83. The Hall–Kier alpha value is -1.75. The molecular formula is C19H28N2O3. The smallest absolute Gasteiger partial charge is 0.219 e. The molecule has 2 saturated heterocycles. The van der Waals surface area contributed by atoms with E-state index in [4.69, 9.17) is 9.47 Å². The van der Waals surface area contributed by atoms with Crippen LogP contribution in [0.15, 0.2) is 18.2 Å². The summed E-state index contributed by atoms with van der Waals surface area (Å²) in [5.74, 6) is 2.53. The zero-order valence-corrected chi connectivity index (χ0v) is 15.0. The summed E-state index contributed by atoms with van der Waals surface area (Å²) < 4.78 is 10.9. The number of hydrogen-bond donors (Lipinski definition) is 0. The second kappa shape index (κ2) is 7.43. The van der Waals surface area contributed by atoms with Gasteiger partial charge in [0, 0.05) is 44.1 Å². The van der Waals surface area contributed by atoms with Crippen molar-refractivity contribution in [3.63, 3.8) is 0 Å². The van der Waals surface area contributed by atoms with E-state index in [1.165, 1.54) is 5.56 Å². The highest BCUT2D eigenvalue weighted by Gasteiger charge is 2.33. The summed E-state index contributed by atoms with van der Waals surface area (Å²) in [7, 11) is 3.44. The van der Waals surface area contributed by atoms with Crippen LogP contribution in [0.5, 0.6) is 11.5 Å². The number of carbonyl (C=O) groups excluding carboxylic acids is 1. The van der Waals surface area contributed by atoms with E-state index in [0.717, 1.165) is 56.9 Å². The molecule has 0 N–H and O–H groups in total. The zero-order chi connectivity index (χ0) is 17.1. The Labute approximate surface area is 144 Å². The van der Waals surface area contributed by atoms with Gasteiger partial charge in [-0.3, -0.25) is 9.69 Å². The van der Waals surface area contributed by atoms with E-state index in [-0.39, 0.29) is 5.91 Å². The number of hydrogen-bond acceptors (Lipinski definition) is 4. The number of piperidine rings is 1. The lowest BCUT2D eigenvalue weighted by atomic mass is 9.97. The number of methoxy groups -OCH3 is 2. The van der Waals surface area contributed by atoms with Crippen molar-refractivity contribution in [3.8, 4) is 11.5 Å². The molecule has 2 heterocycles. The number of ether oxygens (including phenoxy) is 2. The minimum absolute atomic E-state index is 0.203. The largest absolute Gasteiger partial charge is 0.497 e.